The van der Waals surface area contributed by atoms with Gasteiger partial charge < -0.3 is 10.2 Å². The van der Waals surface area contributed by atoms with E-state index in [1.807, 2.05) is 60.4 Å². The Bertz CT molecular complexity index is 1040. The first-order chi connectivity index (χ1) is 14.7. The molecule has 0 saturated carbocycles. The van der Waals surface area contributed by atoms with Gasteiger partial charge in [0.05, 0.1) is 12.8 Å². The summed E-state index contributed by atoms with van der Waals surface area (Å²) in [5.41, 5.74) is 3.81. The van der Waals surface area contributed by atoms with E-state index >= 15 is 0 Å². The Kier molecular flexibility index (Phi) is 7.46. The zero-order chi connectivity index (χ0) is 22.4. The number of benzene rings is 2. The van der Waals surface area contributed by atoms with Crippen molar-refractivity contribution in [3.63, 3.8) is 0 Å². The Morgan fingerprint density at radius 3 is 2.39 bits per heavy atom. The van der Waals surface area contributed by atoms with Crippen molar-refractivity contribution >= 4 is 21.8 Å². The predicted molar refractivity (Wildman–Crippen MR) is 119 cm³/mol. The highest BCUT2D eigenvalue weighted by Gasteiger charge is 2.22. The summed E-state index contributed by atoms with van der Waals surface area (Å²) >= 11 is 0. The maximum atomic E-state index is 12.5. The van der Waals surface area contributed by atoms with Crippen LogP contribution in [0.15, 0.2) is 48.5 Å². The molecule has 1 saturated heterocycles. The molecule has 166 valence electrons. The molecule has 0 unspecified atom stereocenters. The van der Waals surface area contributed by atoms with E-state index in [0.717, 1.165) is 41.5 Å². The minimum absolute atomic E-state index is 0.139. The molecule has 1 aliphatic rings. The van der Waals surface area contributed by atoms with Crippen LogP contribution in [-0.4, -0.2) is 48.8 Å². The van der Waals surface area contributed by atoms with Gasteiger partial charge in [0.2, 0.25) is 21.8 Å². The highest BCUT2D eigenvalue weighted by molar-refractivity contribution is 7.88. The largest absolute Gasteiger partial charge is 0.351 e. The first-order valence-electron chi connectivity index (χ1n) is 10.3. The number of sulfonamides is 1. The van der Waals surface area contributed by atoms with Gasteiger partial charge in [0.15, 0.2) is 0 Å². The SMILES string of the molecule is Cc1ccc(CN(CC(=O)NCc2ccccc2CN2CCCC2=O)S(C)(=O)=O)cc1. The van der Waals surface area contributed by atoms with E-state index in [-0.39, 0.29) is 31.4 Å². The van der Waals surface area contributed by atoms with E-state index in [9.17, 15) is 18.0 Å². The molecule has 2 aromatic carbocycles. The molecule has 31 heavy (non-hydrogen) atoms. The first-order valence-corrected chi connectivity index (χ1v) is 12.2. The number of hydrogen-bond acceptors (Lipinski definition) is 4. The Hall–Kier alpha value is -2.71. The minimum atomic E-state index is -3.55. The molecule has 1 aliphatic heterocycles. The van der Waals surface area contributed by atoms with Crippen molar-refractivity contribution < 1.29 is 18.0 Å². The number of nitrogens with one attached hydrogen (secondary N) is 1. The third-order valence-corrected chi connectivity index (χ3v) is 6.59. The predicted octanol–water partition coefficient (Wildman–Crippen LogP) is 2.20. The summed E-state index contributed by atoms with van der Waals surface area (Å²) in [6.07, 6.45) is 2.57. The topological polar surface area (TPSA) is 86.8 Å². The molecule has 0 spiro atoms. The summed E-state index contributed by atoms with van der Waals surface area (Å²) < 4.78 is 25.6. The normalized spacial score (nSPS) is 14.3. The van der Waals surface area contributed by atoms with Gasteiger partial charge in [0, 0.05) is 32.6 Å². The van der Waals surface area contributed by atoms with Gasteiger partial charge >= 0.3 is 0 Å². The third kappa shape index (κ3) is 6.63. The molecule has 2 amide bonds. The summed E-state index contributed by atoms with van der Waals surface area (Å²) in [6, 6.07) is 15.2. The molecule has 0 bridgehead atoms. The van der Waals surface area contributed by atoms with Crippen LogP contribution in [0.4, 0.5) is 0 Å². The summed E-state index contributed by atoms with van der Waals surface area (Å²) in [4.78, 5) is 26.3. The van der Waals surface area contributed by atoms with E-state index in [2.05, 4.69) is 5.32 Å². The molecule has 0 aliphatic carbocycles. The van der Waals surface area contributed by atoms with E-state index in [1.54, 1.807) is 0 Å². The van der Waals surface area contributed by atoms with Crippen LogP contribution in [0.5, 0.6) is 0 Å². The van der Waals surface area contributed by atoms with Crippen LogP contribution in [0.2, 0.25) is 0 Å². The number of amides is 2. The second-order valence-electron chi connectivity index (χ2n) is 7.98. The van der Waals surface area contributed by atoms with Gasteiger partial charge in [-0.15, -0.1) is 0 Å². The molecule has 1 fully saturated rings. The second-order valence-corrected chi connectivity index (χ2v) is 9.96. The Balaban J connectivity index is 1.61. The Morgan fingerprint density at radius 1 is 1.10 bits per heavy atom. The van der Waals surface area contributed by atoms with Gasteiger partial charge in [0.1, 0.15) is 0 Å². The highest BCUT2D eigenvalue weighted by Crippen LogP contribution is 2.17. The molecule has 1 N–H and O–H groups in total. The average Bonchev–Trinajstić information content (AvgIpc) is 3.12. The number of rotatable bonds is 9. The third-order valence-electron chi connectivity index (χ3n) is 5.40. The lowest BCUT2D eigenvalue weighted by atomic mass is 10.1. The van der Waals surface area contributed by atoms with Gasteiger partial charge in [-0.1, -0.05) is 54.1 Å². The van der Waals surface area contributed by atoms with Gasteiger partial charge in [-0.05, 0) is 30.0 Å². The van der Waals surface area contributed by atoms with Crippen LogP contribution in [0.25, 0.3) is 0 Å². The number of likely N-dealkylation sites (tertiary alicyclic amines) is 1. The summed E-state index contributed by atoms with van der Waals surface area (Å²) in [5.74, 6) is -0.219. The molecule has 8 heteroatoms. The molecule has 1 heterocycles. The van der Waals surface area contributed by atoms with Crippen molar-refractivity contribution in [2.75, 3.05) is 19.3 Å². The Labute approximate surface area is 184 Å². The smallest absolute Gasteiger partial charge is 0.235 e. The zero-order valence-corrected chi connectivity index (χ0v) is 18.8. The van der Waals surface area contributed by atoms with Crippen molar-refractivity contribution in [3.05, 3.63) is 70.8 Å². The molecule has 0 atom stereocenters. The van der Waals surface area contributed by atoms with Gasteiger partial charge in [-0.25, -0.2) is 8.42 Å². The van der Waals surface area contributed by atoms with Crippen LogP contribution in [-0.2, 0) is 39.2 Å². The fraction of sp³-hybridized carbons (Fsp3) is 0.391. The first kappa shape index (κ1) is 23.0. The van der Waals surface area contributed by atoms with E-state index in [1.165, 1.54) is 4.31 Å². The molecule has 3 rings (SSSR count). The lowest BCUT2D eigenvalue weighted by Gasteiger charge is -2.21. The number of carbonyl (C=O) groups excluding carboxylic acids is 2. The van der Waals surface area contributed by atoms with Crippen molar-refractivity contribution in [2.24, 2.45) is 0 Å². The molecule has 0 aromatic heterocycles. The number of aryl methyl sites for hydroxylation is 1. The zero-order valence-electron chi connectivity index (χ0n) is 18.0. The van der Waals surface area contributed by atoms with Crippen molar-refractivity contribution in [2.45, 2.75) is 39.4 Å². The van der Waals surface area contributed by atoms with E-state index in [4.69, 9.17) is 0 Å². The van der Waals surface area contributed by atoms with Gasteiger partial charge in [-0.3, -0.25) is 9.59 Å². The van der Waals surface area contributed by atoms with Crippen molar-refractivity contribution in [1.82, 2.24) is 14.5 Å². The van der Waals surface area contributed by atoms with Crippen LogP contribution < -0.4 is 5.32 Å². The Morgan fingerprint density at radius 2 is 1.77 bits per heavy atom. The van der Waals surface area contributed by atoms with Crippen LogP contribution >= 0.6 is 0 Å². The fourth-order valence-corrected chi connectivity index (χ4v) is 4.29. The van der Waals surface area contributed by atoms with E-state index < -0.39 is 10.0 Å². The quantitative estimate of drug-likeness (QED) is 0.644. The molecule has 0 radical (unpaired) electrons. The van der Waals surface area contributed by atoms with Gasteiger partial charge in [-0.2, -0.15) is 4.31 Å². The van der Waals surface area contributed by atoms with Crippen LogP contribution in [0.1, 0.15) is 35.1 Å². The highest BCUT2D eigenvalue weighted by atomic mass is 32.2. The lowest BCUT2D eigenvalue weighted by molar-refractivity contribution is -0.128. The summed E-state index contributed by atoms with van der Waals surface area (Å²) in [7, 11) is -3.55. The maximum absolute atomic E-state index is 12.5. The standard InChI is InChI=1S/C23H29N3O4S/c1-18-9-11-19(12-10-18)15-26(31(2,29)30)17-22(27)24-14-20-6-3-4-7-21(20)16-25-13-5-8-23(25)28/h3-4,6-7,9-12H,5,8,13-17H2,1-2H3,(H,24,27). The van der Waals surface area contributed by atoms with Crippen LogP contribution in [0, 0.1) is 6.92 Å². The second kappa shape index (κ2) is 10.1. The van der Waals surface area contributed by atoms with Crippen molar-refractivity contribution in [1.29, 1.82) is 0 Å². The number of hydrogen-bond donors (Lipinski definition) is 1. The monoisotopic (exact) mass is 443 g/mol. The average molecular weight is 444 g/mol. The summed E-state index contributed by atoms with van der Waals surface area (Å²) in [6.45, 7) is 3.40. The molecular formula is C23H29N3O4S. The molecular weight excluding hydrogens is 414 g/mol. The molecule has 7 nitrogen and oxygen atoms in total. The van der Waals surface area contributed by atoms with Crippen LogP contribution in [0.3, 0.4) is 0 Å². The minimum Gasteiger partial charge on any atom is -0.351 e. The molecule has 2 aromatic rings. The fourth-order valence-electron chi connectivity index (χ4n) is 3.56. The van der Waals surface area contributed by atoms with E-state index in [0.29, 0.717) is 13.0 Å². The maximum Gasteiger partial charge on any atom is 0.235 e. The van der Waals surface area contributed by atoms with Crippen molar-refractivity contribution in [3.8, 4) is 0 Å². The lowest BCUT2D eigenvalue weighted by Crippen LogP contribution is -2.39. The van der Waals surface area contributed by atoms with Gasteiger partial charge in [0.25, 0.3) is 0 Å². The number of nitrogens with zero attached hydrogens (tertiary/aromatic N) is 2. The number of carbonyl (C=O) groups is 2. The summed E-state index contributed by atoms with van der Waals surface area (Å²) in [5, 5.41) is 2.82.